The Morgan fingerprint density at radius 1 is 1.53 bits per heavy atom. The molecule has 0 aliphatic carbocycles. The average Bonchev–Trinajstić information content (AvgIpc) is 2.89. The van der Waals surface area contributed by atoms with E-state index in [1.165, 1.54) is 0 Å². The lowest BCUT2D eigenvalue weighted by Crippen LogP contribution is -2.48. The molecule has 2 fully saturated rings. The first-order valence-electron chi connectivity index (χ1n) is 5.60. The Morgan fingerprint density at radius 3 is 3.00 bits per heavy atom. The van der Waals surface area contributed by atoms with Gasteiger partial charge in [0.25, 0.3) is 0 Å². The van der Waals surface area contributed by atoms with Crippen LogP contribution >= 0.6 is 11.6 Å². The van der Waals surface area contributed by atoms with Crippen molar-refractivity contribution in [1.29, 1.82) is 0 Å². The molecule has 2 aliphatic heterocycles. The Labute approximate surface area is 104 Å². The van der Waals surface area contributed by atoms with Crippen LogP contribution in [-0.2, 0) is 4.79 Å². The van der Waals surface area contributed by atoms with Gasteiger partial charge in [0.2, 0.25) is 5.91 Å². The molecule has 90 valence electrons. The number of anilines is 1. The molecule has 1 amide bonds. The lowest BCUT2D eigenvalue weighted by molar-refractivity contribution is -0.119. The highest BCUT2D eigenvalue weighted by Crippen LogP contribution is 2.38. The summed E-state index contributed by atoms with van der Waals surface area (Å²) < 4.78 is 5.30. The van der Waals surface area contributed by atoms with Crippen molar-refractivity contribution in [3.8, 4) is 5.75 Å². The minimum Gasteiger partial charge on any atom is -0.495 e. The highest BCUT2D eigenvalue weighted by molar-refractivity contribution is 6.31. The van der Waals surface area contributed by atoms with Crippen LogP contribution in [0.5, 0.6) is 5.75 Å². The number of nitrogens with zero attached hydrogens (tertiary/aromatic N) is 1. The molecule has 1 N–H and O–H groups in total. The number of halogens is 1. The van der Waals surface area contributed by atoms with E-state index in [0.717, 1.165) is 18.7 Å². The maximum Gasteiger partial charge on any atom is 0.244 e. The van der Waals surface area contributed by atoms with E-state index in [1.807, 2.05) is 4.90 Å². The molecule has 2 heterocycles. The first-order valence-corrected chi connectivity index (χ1v) is 5.98. The van der Waals surface area contributed by atoms with Gasteiger partial charge in [0.1, 0.15) is 5.75 Å². The summed E-state index contributed by atoms with van der Waals surface area (Å²) in [5.74, 6) is 0.803. The van der Waals surface area contributed by atoms with Gasteiger partial charge in [0, 0.05) is 11.6 Å². The largest absolute Gasteiger partial charge is 0.495 e. The van der Waals surface area contributed by atoms with Gasteiger partial charge in [-0.1, -0.05) is 11.6 Å². The number of hydrogen-bond donors (Lipinski definition) is 1. The minimum atomic E-state index is -0.0383. The third-order valence-corrected chi connectivity index (χ3v) is 3.64. The SMILES string of the molecule is COc1ccc(Cl)cc1N1C(=O)[C@@H]2C[C@H]1CN2. The summed E-state index contributed by atoms with van der Waals surface area (Å²) in [4.78, 5) is 13.9. The van der Waals surface area contributed by atoms with Crippen LogP contribution in [0.25, 0.3) is 0 Å². The molecule has 0 spiro atoms. The number of amides is 1. The van der Waals surface area contributed by atoms with E-state index in [1.54, 1.807) is 25.3 Å². The number of carbonyl (C=O) groups excluding carboxylic acids is 1. The second-order valence-corrected chi connectivity index (χ2v) is 4.81. The third-order valence-electron chi connectivity index (χ3n) is 3.41. The molecule has 0 radical (unpaired) electrons. The Hall–Kier alpha value is -1.26. The van der Waals surface area contributed by atoms with Crippen LogP contribution in [0.15, 0.2) is 18.2 Å². The molecule has 1 aromatic carbocycles. The third kappa shape index (κ3) is 1.59. The van der Waals surface area contributed by atoms with Crippen LogP contribution in [0.4, 0.5) is 5.69 Å². The number of hydrogen-bond acceptors (Lipinski definition) is 3. The number of fused-ring (bicyclic) bond motifs is 2. The Bertz CT molecular complexity index is 478. The van der Waals surface area contributed by atoms with E-state index in [-0.39, 0.29) is 18.0 Å². The number of methoxy groups -OCH3 is 1. The van der Waals surface area contributed by atoms with Crippen molar-refractivity contribution >= 4 is 23.2 Å². The molecule has 0 unspecified atom stereocenters. The van der Waals surface area contributed by atoms with Crippen molar-refractivity contribution in [1.82, 2.24) is 5.32 Å². The van der Waals surface area contributed by atoms with Gasteiger partial charge in [0.05, 0.1) is 24.9 Å². The van der Waals surface area contributed by atoms with Crippen molar-refractivity contribution in [2.24, 2.45) is 0 Å². The molecular formula is C12H13ClN2O2. The van der Waals surface area contributed by atoms with Crippen molar-refractivity contribution in [3.05, 3.63) is 23.2 Å². The smallest absolute Gasteiger partial charge is 0.244 e. The van der Waals surface area contributed by atoms with E-state index in [0.29, 0.717) is 10.8 Å². The van der Waals surface area contributed by atoms with Crippen LogP contribution in [0.3, 0.4) is 0 Å². The zero-order valence-corrected chi connectivity index (χ0v) is 10.2. The molecule has 2 bridgehead atoms. The standard InChI is InChI=1S/C12H13ClN2O2/c1-17-11-3-2-7(13)4-10(11)15-8-5-9(12(15)16)14-6-8/h2-4,8-9,14H,5-6H2,1H3/t8-,9-/m0/s1. The van der Waals surface area contributed by atoms with Crippen molar-refractivity contribution in [2.75, 3.05) is 18.6 Å². The molecule has 2 atom stereocenters. The summed E-state index contributed by atoms with van der Waals surface area (Å²) in [6, 6.07) is 5.54. The van der Waals surface area contributed by atoms with Gasteiger partial charge in [-0.05, 0) is 24.6 Å². The summed E-state index contributed by atoms with van der Waals surface area (Å²) in [7, 11) is 1.60. The molecule has 4 nitrogen and oxygen atoms in total. The maximum absolute atomic E-state index is 12.1. The molecule has 0 aromatic heterocycles. The number of rotatable bonds is 2. The monoisotopic (exact) mass is 252 g/mol. The van der Waals surface area contributed by atoms with Crippen molar-refractivity contribution < 1.29 is 9.53 Å². The summed E-state index contributed by atoms with van der Waals surface area (Å²) in [6.45, 7) is 0.839. The first-order chi connectivity index (χ1) is 8.20. The Balaban J connectivity index is 2.04. The van der Waals surface area contributed by atoms with E-state index in [4.69, 9.17) is 16.3 Å². The molecule has 0 saturated carbocycles. The molecule has 17 heavy (non-hydrogen) atoms. The van der Waals surface area contributed by atoms with Crippen molar-refractivity contribution in [3.63, 3.8) is 0 Å². The average molecular weight is 253 g/mol. The predicted octanol–water partition coefficient (Wildman–Crippen LogP) is 1.43. The molecule has 2 saturated heterocycles. The van der Waals surface area contributed by atoms with Gasteiger partial charge in [-0.3, -0.25) is 4.79 Å². The highest BCUT2D eigenvalue weighted by Gasteiger charge is 2.46. The molecule has 5 heteroatoms. The lowest BCUT2D eigenvalue weighted by Gasteiger charge is -2.28. The van der Waals surface area contributed by atoms with Gasteiger partial charge < -0.3 is 15.0 Å². The number of benzene rings is 1. The number of piperazine rings is 1. The first kappa shape index (κ1) is 10.9. The highest BCUT2D eigenvalue weighted by atomic mass is 35.5. The predicted molar refractivity (Wildman–Crippen MR) is 65.7 cm³/mol. The van der Waals surface area contributed by atoms with Gasteiger partial charge >= 0.3 is 0 Å². The normalized spacial score (nSPS) is 26.7. The van der Waals surface area contributed by atoms with Gasteiger partial charge in [-0.25, -0.2) is 0 Å². The summed E-state index contributed by atoms with van der Waals surface area (Å²) >= 11 is 5.99. The van der Waals surface area contributed by atoms with Gasteiger partial charge in [-0.15, -0.1) is 0 Å². The topological polar surface area (TPSA) is 41.6 Å². The molecular weight excluding hydrogens is 240 g/mol. The van der Waals surface area contributed by atoms with Crippen LogP contribution in [0.1, 0.15) is 6.42 Å². The van der Waals surface area contributed by atoms with Crippen molar-refractivity contribution in [2.45, 2.75) is 18.5 Å². The lowest BCUT2D eigenvalue weighted by atomic mass is 10.2. The second-order valence-electron chi connectivity index (χ2n) is 4.37. The van der Waals surface area contributed by atoms with Gasteiger partial charge in [-0.2, -0.15) is 0 Å². The van der Waals surface area contributed by atoms with E-state index >= 15 is 0 Å². The van der Waals surface area contributed by atoms with Crippen LogP contribution < -0.4 is 15.0 Å². The molecule has 1 aromatic rings. The quantitative estimate of drug-likeness (QED) is 0.866. The van der Waals surface area contributed by atoms with E-state index in [2.05, 4.69) is 5.32 Å². The van der Waals surface area contributed by atoms with E-state index in [9.17, 15) is 4.79 Å². The fourth-order valence-corrected chi connectivity index (χ4v) is 2.78. The molecule has 2 aliphatic rings. The second kappa shape index (κ2) is 3.89. The van der Waals surface area contributed by atoms with E-state index < -0.39 is 0 Å². The Kier molecular flexibility index (Phi) is 2.49. The van der Waals surface area contributed by atoms with Crippen LogP contribution in [0, 0.1) is 0 Å². The Morgan fingerprint density at radius 2 is 2.35 bits per heavy atom. The maximum atomic E-state index is 12.1. The minimum absolute atomic E-state index is 0.0383. The number of nitrogens with one attached hydrogen (secondary N) is 1. The fraction of sp³-hybridized carbons (Fsp3) is 0.417. The fourth-order valence-electron chi connectivity index (χ4n) is 2.62. The molecule has 3 rings (SSSR count). The summed E-state index contributed by atoms with van der Waals surface area (Å²) in [5.41, 5.74) is 0.777. The number of ether oxygens (including phenoxy) is 1. The summed E-state index contributed by atoms with van der Waals surface area (Å²) in [6.07, 6.45) is 0.870. The number of carbonyl (C=O) groups is 1. The zero-order valence-electron chi connectivity index (χ0n) is 9.44. The zero-order chi connectivity index (χ0) is 12.0. The van der Waals surface area contributed by atoms with Gasteiger partial charge in [0.15, 0.2) is 0 Å². The van der Waals surface area contributed by atoms with Crippen LogP contribution in [-0.4, -0.2) is 31.6 Å². The van der Waals surface area contributed by atoms with Crippen LogP contribution in [0.2, 0.25) is 5.02 Å². The summed E-state index contributed by atoms with van der Waals surface area (Å²) in [5, 5.41) is 3.81.